The predicted molar refractivity (Wildman–Crippen MR) is 111 cm³/mol. The molecule has 0 aromatic carbocycles. The zero-order valence-electron chi connectivity index (χ0n) is 16.6. The second kappa shape index (κ2) is 16.4. The maximum Gasteiger partial charge on any atom is 0.158 e. The first kappa shape index (κ1) is 21.9. The highest BCUT2D eigenvalue weighted by Gasteiger charge is 2.18. The van der Waals surface area contributed by atoms with E-state index < -0.39 is 0 Å². The molecular weight excluding hydrogens is 304 g/mol. The average molecular weight is 345 g/mol. The highest BCUT2D eigenvalue weighted by molar-refractivity contribution is 5.91. The van der Waals surface area contributed by atoms with Crippen LogP contribution in [0.3, 0.4) is 0 Å². The molecule has 0 atom stereocenters. The molecule has 1 heteroatoms. The highest BCUT2D eigenvalue weighted by atomic mass is 16.1. The Morgan fingerprint density at radius 3 is 2.00 bits per heavy atom. The SMILES string of the molecule is CCCCC/C=C\CCCCCC/C=C/C=C/C(=O)C1CCCCC1. The first-order chi connectivity index (χ1) is 12.3. The molecule has 0 amide bonds. The molecule has 1 saturated carbocycles. The van der Waals surface area contributed by atoms with E-state index in [1.807, 2.05) is 6.08 Å². The van der Waals surface area contributed by atoms with Crippen molar-refractivity contribution in [1.29, 1.82) is 0 Å². The topological polar surface area (TPSA) is 17.1 Å². The smallest absolute Gasteiger partial charge is 0.158 e. The summed E-state index contributed by atoms with van der Waals surface area (Å²) in [5.41, 5.74) is 0. The Hall–Kier alpha value is -1.11. The summed E-state index contributed by atoms with van der Waals surface area (Å²) in [5.74, 6) is 0.645. The van der Waals surface area contributed by atoms with Crippen LogP contribution in [0.15, 0.2) is 36.5 Å². The van der Waals surface area contributed by atoms with E-state index in [1.165, 1.54) is 77.0 Å². The van der Waals surface area contributed by atoms with Gasteiger partial charge in [0.25, 0.3) is 0 Å². The number of hydrogen-bond donors (Lipinski definition) is 0. The molecule has 0 bridgehead atoms. The van der Waals surface area contributed by atoms with Gasteiger partial charge in [0.2, 0.25) is 0 Å². The Kier molecular flexibility index (Phi) is 14.4. The van der Waals surface area contributed by atoms with Crippen LogP contribution in [0.5, 0.6) is 0 Å². The molecule has 25 heavy (non-hydrogen) atoms. The summed E-state index contributed by atoms with van der Waals surface area (Å²) in [5, 5.41) is 0. The van der Waals surface area contributed by atoms with Crippen molar-refractivity contribution >= 4 is 5.78 Å². The van der Waals surface area contributed by atoms with Gasteiger partial charge in [-0.1, -0.05) is 82.2 Å². The van der Waals surface area contributed by atoms with Crippen molar-refractivity contribution in [3.05, 3.63) is 36.5 Å². The number of ketones is 1. The molecule has 0 aromatic heterocycles. The molecule has 142 valence electrons. The van der Waals surface area contributed by atoms with Gasteiger partial charge >= 0.3 is 0 Å². The Bertz CT molecular complexity index is 396. The van der Waals surface area contributed by atoms with Gasteiger partial charge in [0, 0.05) is 5.92 Å². The highest BCUT2D eigenvalue weighted by Crippen LogP contribution is 2.24. The average Bonchev–Trinajstić information content (AvgIpc) is 2.65. The Morgan fingerprint density at radius 1 is 0.760 bits per heavy atom. The molecule has 1 rings (SSSR count). The van der Waals surface area contributed by atoms with Crippen molar-refractivity contribution in [2.24, 2.45) is 5.92 Å². The standard InChI is InChI=1S/C24H40O/c1-2-3-4-5-6-7-8-9-10-11-12-13-14-15-19-22-24(25)23-20-17-16-18-21-23/h6-7,14-15,19,22-23H,2-5,8-13,16-18,20-21H2,1H3/b7-6-,15-14+,22-19+. The van der Waals surface area contributed by atoms with Gasteiger partial charge in [-0.15, -0.1) is 0 Å². The normalized spacial score (nSPS) is 16.5. The third kappa shape index (κ3) is 12.8. The second-order valence-corrected chi connectivity index (χ2v) is 7.48. The maximum absolute atomic E-state index is 12.0. The summed E-state index contributed by atoms with van der Waals surface area (Å²) in [4.78, 5) is 12.0. The van der Waals surface area contributed by atoms with Crippen LogP contribution in [0.2, 0.25) is 0 Å². The van der Waals surface area contributed by atoms with Crippen LogP contribution >= 0.6 is 0 Å². The Balaban J connectivity index is 1.91. The summed E-state index contributed by atoms with van der Waals surface area (Å²) in [6.07, 6.45) is 31.6. The largest absolute Gasteiger partial charge is 0.295 e. The predicted octanol–water partition coefficient (Wildman–Crippen LogP) is 7.73. The van der Waals surface area contributed by atoms with Gasteiger partial charge in [0.1, 0.15) is 0 Å². The Morgan fingerprint density at radius 2 is 1.36 bits per heavy atom. The van der Waals surface area contributed by atoms with Crippen LogP contribution in [0, 0.1) is 5.92 Å². The van der Waals surface area contributed by atoms with Crippen LogP contribution in [0.25, 0.3) is 0 Å². The van der Waals surface area contributed by atoms with Gasteiger partial charge < -0.3 is 0 Å². The number of allylic oxidation sites excluding steroid dienone is 6. The molecule has 0 unspecified atom stereocenters. The number of hydrogen-bond acceptors (Lipinski definition) is 1. The quantitative estimate of drug-likeness (QED) is 0.136. The zero-order valence-corrected chi connectivity index (χ0v) is 16.6. The third-order valence-corrected chi connectivity index (χ3v) is 5.15. The van der Waals surface area contributed by atoms with E-state index in [-0.39, 0.29) is 0 Å². The van der Waals surface area contributed by atoms with Crippen molar-refractivity contribution in [3.8, 4) is 0 Å². The summed E-state index contributed by atoms with van der Waals surface area (Å²) in [6, 6.07) is 0. The van der Waals surface area contributed by atoms with Crippen LogP contribution in [-0.2, 0) is 4.79 Å². The van der Waals surface area contributed by atoms with Gasteiger partial charge in [-0.3, -0.25) is 4.79 Å². The monoisotopic (exact) mass is 344 g/mol. The molecule has 1 aliphatic rings. The summed E-state index contributed by atoms with van der Waals surface area (Å²) < 4.78 is 0. The van der Waals surface area contributed by atoms with E-state index in [2.05, 4.69) is 31.2 Å². The molecule has 0 spiro atoms. The summed E-state index contributed by atoms with van der Waals surface area (Å²) in [7, 11) is 0. The zero-order chi connectivity index (χ0) is 18.0. The first-order valence-electron chi connectivity index (χ1n) is 10.9. The second-order valence-electron chi connectivity index (χ2n) is 7.48. The molecule has 0 radical (unpaired) electrons. The molecular formula is C24H40O. The van der Waals surface area contributed by atoms with Crippen molar-refractivity contribution < 1.29 is 4.79 Å². The minimum Gasteiger partial charge on any atom is -0.295 e. The summed E-state index contributed by atoms with van der Waals surface area (Å²) >= 11 is 0. The minimum absolute atomic E-state index is 0.305. The van der Waals surface area contributed by atoms with E-state index in [4.69, 9.17) is 0 Å². The van der Waals surface area contributed by atoms with Gasteiger partial charge in [-0.2, -0.15) is 0 Å². The van der Waals surface area contributed by atoms with Gasteiger partial charge in [-0.05, 0) is 57.4 Å². The van der Waals surface area contributed by atoms with E-state index in [9.17, 15) is 4.79 Å². The van der Waals surface area contributed by atoms with E-state index in [0.29, 0.717) is 11.7 Å². The van der Waals surface area contributed by atoms with Gasteiger partial charge in [0.05, 0.1) is 0 Å². The van der Waals surface area contributed by atoms with Crippen molar-refractivity contribution in [2.45, 2.75) is 103 Å². The molecule has 0 heterocycles. The van der Waals surface area contributed by atoms with Crippen molar-refractivity contribution in [3.63, 3.8) is 0 Å². The molecule has 1 nitrogen and oxygen atoms in total. The van der Waals surface area contributed by atoms with E-state index >= 15 is 0 Å². The van der Waals surface area contributed by atoms with Crippen LogP contribution in [0.1, 0.15) is 103 Å². The Labute approximate surface area is 156 Å². The molecule has 0 saturated heterocycles. The molecule has 0 N–H and O–H groups in total. The number of rotatable bonds is 14. The van der Waals surface area contributed by atoms with E-state index in [1.54, 1.807) is 6.08 Å². The van der Waals surface area contributed by atoms with E-state index in [0.717, 1.165) is 19.3 Å². The third-order valence-electron chi connectivity index (χ3n) is 5.15. The molecule has 1 aliphatic carbocycles. The summed E-state index contributed by atoms with van der Waals surface area (Å²) in [6.45, 7) is 2.26. The maximum atomic E-state index is 12.0. The van der Waals surface area contributed by atoms with Gasteiger partial charge in [0.15, 0.2) is 5.78 Å². The fourth-order valence-corrected chi connectivity index (χ4v) is 3.47. The molecule has 0 aliphatic heterocycles. The lowest BCUT2D eigenvalue weighted by molar-refractivity contribution is -0.119. The molecule has 0 aromatic rings. The lowest BCUT2D eigenvalue weighted by Gasteiger charge is -2.18. The number of carbonyl (C=O) groups excluding carboxylic acids is 1. The lowest BCUT2D eigenvalue weighted by Crippen LogP contribution is -2.15. The fraction of sp³-hybridized carbons (Fsp3) is 0.708. The minimum atomic E-state index is 0.305. The van der Waals surface area contributed by atoms with Crippen LogP contribution in [-0.4, -0.2) is 5.78 Å². The number of unbranched alkanes of at least 4 members (excludes halogenated alkanes) is 8. The fourth-order valence-electron chi connectivity index (χ4n) is 3.47. The lowest BCUT2D eigenvalue weighted by atomic mass is 9.86. The first-order valence-corrected chi connectivity index (χ1v) is 10.9. The number of carbonyl (C=O) groups is 1. The molecule has 1 fully saturated rings. The van der Waals surface area contributed by atoms with Crippen LogP contribution < -0.4 is 0 Å². The van der Waals surface area contributed by atoms with Gasteiger partial charge in [-0.25, -0.2) is 0 Å². The van der Waals surface area contributed by atoms with Crippen molar-refractivity contribution in [1.82, 2.24) is 0 Å². The van der Waals surface area contributed by atoms with Crippen LogP contribution in [0.4, 0.5) is 0 Å². The van der Waals surface area contributed by atoms with Crippen molar-refractivity contribution in [2.75, 3.05) is 0 Å².